The second kappa shape index (κ2) is 7.01. The Balaban J connectivity index is 3.74. The molecule has 96 valence electrons. The molecule has 0 aromatic carbocycles. The first-order valence-electron chi connectivity index (χ1n) is 5.53. The Morgan fingerprint density at radius 1 is 1.44 bits per heavy atom. The van der Waals surface area contributed by atoms with Crippen LogP contribution in [-0.4, -0.2) is 34.7 Å². The summed E-state index contributed by atoms with van der Waals surface area (Å²) in [5.41, 5.74) is 6.01. The van der Waals surface area contributed by atoms with Gasteiger partial charge in [-0.05, 0) is 11.8 Å². The Hall–Kier alpha value is -0.420. The van der Waals surface area contributed by atoms with Gasteiger partial charge >= 0.3 is 0 Å². The van der Waals surface area contributed by atoms with E-state index in [1.54, 1.807) is 6.26 Å². The molecule has 0 fully saturated rings. The number of carbonyl (C=O) groups is 1. The zero-order chi connectivity index (χ0) is 12.8. The lowest BCUT2D eigenvalue weighted by molar-refractivity contribution is -0.121. The van der Waals surface area contributed by atoms with Gasteiger partial charge in [-0.25, -0.2) is 0 Å². The lowest BCUT2D eigenvalue weighted by Gasteiger charge is -2.22. The summed E-state index contributed by atoms with van der Waals surface area (Å²) >= 11 is 0. The third-order valence-corrected chi connectivity index (χ3v) is 2.81. The van der Waals surface area contributed by atoms with Gasteiger partial charge in [-0.15, -0.1) is 0 Å². The fraction of sp³-hybridized carbons (Fsp3) is 0.909. The van der Waals surface area contributed by atoms with Crippen LogP contribution in [0.15, 0.2) is 0 Å². The zero-order valence-electron chi connectivity index (χ0n) is 10.7. The molecule has 2 unspecified atom stereocenters. The van der Waals surface area contributed by atoms with E-state index in [-0.39, 0.29) is 17.4 Å². The van der Waals surface area contributed by atoms with Crippen molar-refractivity contribution in [1.82, 2.24) is 5.32 Å². The van der Waals surface area contributed by atoms with Crippen LogP contribution in [0.5, 0.6) is 0 Å². The Kier molecular flexibility index (Phi) is 6.83. The third kappa shape index (κ3) is 10.1. The highest BCUT2D eigenvalue weighted by molar-refractivity contribution is 7.84. The lowest BCUT2D eigenvalue weighted by atomic mass is 9.87. The predicted octanol–water partition coefficient (Wildman–Crippen LogP) is 0.635. The van der Waals surface area contributed by atoms with Crippen LogP contribution in [0.2, 0.25) is 0 Å². The lowest BCUT2D eigenvalue weighted by Crippen LogP contribution is -2.35. The smallest absolute Gasteiger partial charge is 0.221 e. The second-order valence-electron chi connectivity index (χ2n) is 5.36. The zero-order valence-corrected chi connectivity index (χ0v) is 11.5. The highest BCUT2D eigenvalue weighted by Crippen LogP contribution is 2.20. The SMILES string of the molecule is CS(=O)CCNC(=O)CC(N)CC(C)(C)C. The summed E-state index contributed by atoms with van der Waals surface area (Å²) in [5.74, 6) is 0.447. The van der Waals surface area contributed by atoms with E-state index in [2.05, 4.69) is 26.1 Å². The molecule has 0 spiro atoms. The van der Waals surface area contributed by atoms with Crippen LogP contribution in [-0.2, 0) is 15.6 Å². The summed E-state index contributed by atoms with van der Waals surface area (Å²) in [5, 5.41) is 2.72. The number of nitrogens with one attached hydrogen (secondary N) is 1. The maximum Gasteiger partial charge on any atom is 0.221 e. The maximum absolute atomic E-state index is 11.4. The molecule has 2 atom stereocenters. The molecule has 0 radical (unpaired) electrons. The standard InChI is InChI=1S/C11H24N2O2S/c1-11(2,3)8-9(12)7-10(14)13-5-6-16(4)15/h9H,5-8,12H2,1-4H3,(H,13,14). The highest BCUT2D eigenvalue weighted by Gasteiger charge is 2.17. The van der Waals surface area contributed by atoms with Crippen molar-refractivity contribution in [3.8, 4) is 0 Å². The summed E-state index contributed by atoms with van der Waals surface area (Å²) in [6.45, 7) is 6.77. The van der Waals surface area contributed by atoms with Crippen LogP contribution in [0.25, 0.3) is 0 Å². The normalized spacial score (nSPS) is 15.6. The van der Waals surface area contributed by atoms with Crippen molar-refractivity contribution in [2.75, 3.05) is 18.6 Å². The van der Waals surface area contributed by atoms with Gasteiger partial charge in [0.2, 0.25) is 5.91 Å². The molecule has 0 saturated carbocycles. The van der Waals surface area contributed by atoms with Gasteiger partial charge in [0.25, 0.3) is 0 Å². The van der Waals surface area contributed by atoms with Gasteiger partial charge in [0.05, 0.1) is 0 Å². The van der Waals surface area contributed by atoms with Gasteiger partial charge in [0, 0.05) is 41.8 Å². The molecule has 1 amide bonds. The van der Waals surface area contributed by atoms with E-state index in [9.17, 15) is 9.00 Å². The molecule has 0 aliphatic carbocycles. The fourth-order valence-corrected chi connectivity index (χ4v) is 1.89. The molecule has 0 rings (SSSR count). The monoisotopic (exact) mass is 248 g/mol. The third-order valence-electron chi connectivity index (χ3n) is 2.03. The van der Waals surface area contributed by atoms with Crippen molar-refractivity contribution in [3.05, 3.63) is 0 Å². The fourth-order valence-electron chi connectivity index (χ4n) is 1.50. The number of rotatable bonds is 6. The van der Waals surface area contributed by atoms with Crippen LogP contribution in [0, 0.1) is 5.41 Å². The van der Waals surface area contributed by atoms with E-state index in [0.29, 0.717) is 18.7 Å². The summed E-state index contributed by atoms with van der Waals surface area (Å²) < 4.78 is 10.8. The molecule has 0 aromatic heterocycles. The van der Waals surface area contributed by atoms with Gasteiger partial charge in [0.15, 0.2) is 0 Å². The number of nitrogens with two attached hydrogens (primary N) is 1. The molecule has 4 nitrogen and oxygen atoms in total. The first kappa shape index (κ1) is 15.6. The topological polar surface area (TPSA) is 72.2 Å². The molecular weight excluding hydrogens is 224 g/mol. The summed E-state index contributed by atoms with van der Waals surface area (Å²) in [6.07, 6.45) is 2.78. The molecular formula is C11H24N2O2S. The molecule has 0 saturated heterocycles. The van der Waals surface area contributed by atoms with Crippen LogP contribution < -0.4 is 11.1 Å². The first-order valence-corrected chi connectivity index (χ1v) is 7.26. The van der Waals surface area contributed by atoms with E-state index in [1.807, 2.05) is 0 Å². The van der Waals surface area contributed by atoms with Crippen LogP contribution in [0.1, 0.15) is 33.6 Å². The molecule has 0 aliphatic rings. The van der Waals surface area contributed by atoms with Crippen molar-refractivity contribution in [1.29, 1.82) is 0 Å². The van der Waals surface area contributed by atoms with Crippen molar-refractivity contribution in [3.63, 3.8) is 0 Å². The predicted molar refractivity (Wildman–Crippen MR) is 68.6 cm³/mol. The quantitative estimate of drug-likeness (QED) is 0.724. The average molecular weight is 248 g/mol. The Morgan fingerprint density at radius 3 is 2.44 bits per heavy atom. The Morgan fingerprint density at radius 2 is 2.00 bits per heavy atom. The van der Waals surface area contributed by atoms with Crippen LogP contribution in [0.4, 0.5) is 0 Å². The second-order valence-corrected chi connectivity index (χ2v) is 6.91. The minimum atomic E-state index is -0.857. The van der Waals surface area contributed by atoms with Crippen LogP contribution in [0.3, 0.4) is 0 Å². The highest BCUT2D eigenvalue weighted by atomic mass is 32.2. The average Bonchev–Trinajstić information content (AvgIpc) is 1.98. The minimum absolute atomic E-state index is 0.0535. The number of hydrogen-bond donors (Lipinski definition) is 2. The molecule has 16 heavy (non-hydrogen) atoms. The summed E-state index contributed by atoms with van der Waals surface area (Å²) in [7, 11) is -0.857. The number of carbonyl (C=O) groups excluding carboxylic acids is 1. The molecule has 0 aliphatic heterocycles. The molecule has 0 aromatic rings. The maximum atomic E-state index is 11.4. The van der Waals surface area contributed by atoms with Gasteiger partial charge in [0.1, 0.15) is 0 Å². The van der Waals surface area contributed by atoms with Gasteiger partial charge in [-0.3, -0.25) is 9.00 Å². The minimum Gasteiger partial charge on any atom is -0.355 e. The van der Waals surface area contributed by atoms with Gasteiger partial charge in [-0.1, -0.05) is 20.8 Å². The Bertz CT molecular complexity index is 249. The first-order chi connectivity index (χ1) is 7.20. The van der Waals surface area contributed by atoms with E-state index >= 15 is 0 Å². The molecule has 5 heteroatoms. The molecule has 0 bridgehead atoms. The Labute approximate surface area is 101 Å². The van der Waals surface area contributed by atoms with Crippen molar-refractivity contribution < 1.29 is 9.00 Å². The molecule has 0 heterocycles. The summed E-state index contributed by atoms with van der Waals surface area (Å²) in [6, 6.07) is -0.105. The van der Waals surface area contributed by atoms with Crippen LogP contribution >= 0.6 is 0 Å². The molecule has 3 N–H and O–H groups in total. The van der Waals surface area contributed by atoms with Gasteiger partial charge in [-0.2, -0.15) is 0 Å². The van der Waals surface area contributed by atoms with E-state index in [1.165, 1.54) is 0 Å². The van der Waals surface area contributed by atoms with Crippen molar-refractivity contribution in [2.45, 2.75) is 39.7 Å². The van der Waals surface area contributed by atoms with Crippen molar-refractivity contribution in [2.24, 2.45) is 11.1 Å². The summed E-state index contributed by atoms with van der Waals surface area (Å²) in [4.78, 5) is 11.4. The number of hydrogen-bond acceptors (Lipinski definition) is 3. The largest absolute Gasteiger partial charge is 0.355 e. The van der Waals surface area contributed by atoms with E-state index < -0.39 is 10.8 Å². The van der Waals surface area contributed by atoms with Gasteiger partial charge < -0.3 is 11.1 Å². The number of amides is 1. The van der Waals surface area contributed by atoms with Crippen molar-refractivity contribution >= 4 is 16.7 Å². The van der Waals surface area contributed by atoms with E-state index in [4.69, 9.17) is 5.73 Å². The van der Waals surface area contributed by atoms with E-state index in [0.717, 1.165) is 6.42 Å².